The first-order valence-corrected chi connectivity index (χ1v) is 10.8. The monoisotopic (exact) mass is 387 g/mol. The summed E-state index contributed by atoms with van der Waals surface area (Å²) < 4.78 is 2.12. The van der Waals surface area contributed by atoms with Crippen molar-refractivity contribution in [2.75, 3.05) is 7.05 Å². The molecule has 1 unspecified atom stereocenters. The predicted octanol–water partition coefficient (Wildman–Crippen LogP) is 4.02. The maximum atomic E-state index is 12.9. The predicted molar refractivity (Wildman–Crippen MR) is 109 cm³/mol. The van der Waals surface area contributed by atoms with Gasteiger partial charge in [-0.2, -0.15) is 0 Å². The van der Waals surface area contributed by atoms with Gasteiger partial charge in [-0.1, -0.05) is 37.9 Å². The summed E-state index contributed by atoms with van der Waals surface area (Å²) in [5.74, 6) is 1.02. The Morgan fingerprint density at radius 1 is 1.26 bits per heavy atom. The molecule has 0 aromatic carbocycles. The zero-order valence-corrected chi connectivity index (χ0v) is 17.3. The number of carbonyl (C=O) groups is 1. The van der Waals surface area contributed by atoms with E-state index in [-0.39, 0.29) is 11.2 Å². The largest absolute Gasteiger partial charge is 0.342 e. The molecule has 6 nitrogen and oxygen atoms in total. The van der Waals surface area contributed by atoms with Gasteiger partial charge in [-0.05, 0) is 38.3 Å². The zero-order chi connectivity index (χ0) is 19.2. The smallest absolute Gasteiger partial charge is 0.235 e. The highest BCUT2D eigenvalue weighted by Crippen LogP contribution is 2.29. The van der Waals surface area contributed by atoms with Crippen molar-refractivity contribution in [3.8, 4) is 11.4 Å². The normalized spacial score (nSPS) is 16.3. The van der Waals surface area contributed by atoms with Gasteiger partial charge in [0.25, 0.3) is 0 Å². The van der Waals surface area contributed by atoms with Crippen LogP contribution in [0.25, 0.3) is 11.4 Å². The van der Waals surface area contributed by atoms with Crippen molar-refractivity contribution in [2.24, 2.45) is 0 Å². The summed E-state index contributed by atoms with van der Waals surface area (Å²) in [5, 5.41) is 9.41. The van der Waals surface area contributed by atoms with E-state index < -0.39 is 0 Å². The van der Waals surface area contributed by atoms with Gasteiger partial charge in [0.15, 0.2) is 11.0 Å². The van der Waals surface area contributed by atoms with Crippen molar-refractivity contribution < 1.29 is 4.79 Å². The highest BCUT2D eigenvalue weighted by atomic mass is 32.2. The first-order chi connectivity index (χ1) is 13.1. The average Bonchev–Trinajstić information content (AvgIpc) is 3.10. The van der Waals surface area contributed by atoms with Crippen molar-refractivity contribution in [1.29, 1.82) is 0 Å². The number of carbonyl (C=O) groups excluding carboxylic acids is 1. The highest BCUT2D eigenvalue weighted by Gasteiger charge is 2.27. The average molecular weight is 388 g/mol. The first-order valence-electron chi connectivity index (χ1n) is 9.88. The Bertz CT molecular complexity index is 742. The van der Waals surface area contributed by atoms with Crippen LogP contribution in [0.5, 0.6) is 0 Å². The lowest BCUT2D eigenvalue weighted by molar-refractivity contribution is -0.131. The van der Waals surface area contributed by atoms with Crippen LogP contribution in [0.2, 0.25) is 0 Å². The van der Waals surface area contributed by atoms with Crippen LogP contribution in [-0.4, -0.2) is 48.9 Å². The van der Waals surface area contributed by atoms with E-state index in [0.29, 0.717) is 6.04 Å². The fourth-order valence-electron chi connectivity index (χ4n) is 3.66. The summed E-state index contributed by atoms with van der Waals surface area (Å²) in [6, 6.07) is 4.27. The van der Waals surface area contributed by atoms with Crippen LogP contribution in [0, 0.1) is 0 Å². The molecular weight excluding hydrogens is 358 g/mol. The van der Waals surface area contributed by atoms with Gasteiger partial charge in [-0.15, -0.1) is 10.2 Å². The minimum atomic E-state index is -0.179. The molecule has 0 N–H and O–H groups in total. The lowest BCUT2D eigenvalue weighted by Gasteiger charge is -2.32. The molecule has 1 amide bonds. The Kier molecular flexibility index (Phi) is 6.88. The summed E-state index contributed by atoms with van der Waals surface area (Å²) in [5.41, 5.74) is 0.996. The maximum Gasteiger partial charge on any atom is 0.235 e. The second-order valence-corrected chi connectivity index (χ2v) is 8.50. The van der Waals surface area contributed by atoms with Crippen LogP contribution in [-0.2, 0) is 11.3 Å². The lowest BCUT2D eigenvalue weighted by Crippen LogP contribution is -2.42. The van der Waals surface area contributed by atoms with Crippen LogP contribution in [0.1, 0.15) is 52.4 Å². The van der Waals surface area contributed by atoms with Crippen LogP contribution in [0.4, 0.5) is 0 Å². The van der Waals surface area contributed by atoms with Crippen molar-refractivity contribution in [3.05, 3.63) is 24.5 Å². The minimum absolute atomic E-state index is 0.179. The molecule has 146 valence electrons. The number of hydrogen-bond donors (Lipinski definition) is 0. The summed E-state index contributed by atoms with van der Waals surface area (Å²) in [6.45, 7) is 4.94. The van der Waals surface area contributed by atoms with Crippen LogP contribution in [0.15, 0.2) is 29.7 Å². The summed E-state index contributed by atoms with van der Waals surface area (Å²) >= 11 is 1.51. The summed E-state index contributed by atoms with van der Waals surface area (Å²) in [7, 11) is 1.95. The van der Waals surface area contributed by atoms with E-state index in [2.05, 4.69) is 26.7 Å². The van der Waals surface area contributed by atoms with E-state index in [1.165, 1.54) is 31.0 Å². The third-order valence-corrected chi connectivity index (χ3v) is 6.27. The second-order valence-electron chi connectivity index (χ2n) is 7.19. The van der Waals surface area contributed by atoms with E-state index >= 15 is 0 Å². The molecule has 1 aliphatic carbocycles. The van der Waals surface area contributed by atoms with Gasteiger partial charge in [0.1, 0.15) is 0 Å². The van der Waals surface area contributed by atoms with Gasteiger partial charge in [0.2, 0.25) is 5.91 Å². The van der Waals surface area contributed by atoms with Gasteiger partial charge < -0.3 is 9.47 Å². The fourth-order valence-corrected chi connectivity index (χ4v) is 4.64. The SMILES string of the molecule is CCCn1c(SC(C)C(=O)N(C)C2CCCCC2)nnc1-c1ccncc1. The molecule has 0 saturated heterocycles. The Morgan fingerprint density at radius 3 is 2.63 bits per heavy atom. The lowest BCUT2D eigenvalue weighted by atomic mass is 9.94. The van der Waals surface area contributed by atoms with E-state index in [1.807, 2.05) is 31.0 Å². The zero-order valence-electron chi connectivity index (χ0n) is 16.5. The molecule has 1 saturated carbocycles. The molecule has 0 bridgehead atoms. The third-order valence-electron chi connectivity index (χ3n) is 5.20. The van der Waals surface area contributed by atoms with E-state index in [9.17, 15) is 4.79 Å². The standard InChI is InChI=1S/C20H29N5OS/c1-4-14-25-18(16-10-12-21-13-11-16)22-23-20(25)27-15(2)19(26)24(3)17-8-6-5-7-9-17/h10-13,15,17H,4-9,14H2,1-3H3. The molecule has 0 radical (unpaired) electrons. The molecule has 1 aliphatic rings. The van der Waals surface area contributed by atoms with Gasteiger partial charge in [0.05, 0.1) is 5.25 Å². The second kappa shape index (κ2) is 9.35. The van der Waals surface area contributed by atoms with Crippen molar-refractivity contribution in [1.82, 2.24) is 24.6 Å². The van der Waals surface area contributed by atoms with Gasteiger partial charge in [0, 0.05) is 37.6 Å². The van der Waals surface area contributed by atoms with Gasteiger partial charge in [-0.3, -0.25) is 9.78 Å². The molecule has 7 heteroatoms. The number of thioether (sulfide) groups is 1. The number of amides is 1. The van der Waals surface area contributed by atoms with Gasteiger partial charge in [-0.25, -0.2) is 0 Å². The van der Waals surface area contributed by atoms with E-state index in [1.54, 1.807) is 12.4 Å². The number of hydrogen-bond acceptors (Lipinski definition) is 5. The number of rotatable bonds is 7. The van der Waals surface area contributed by atoms with Crippen LogP contribution < -0.4 is 0 Å². The van der Waals surface area contributed by atoms with Crippen molar-refractivity contribution in [3.63, 3.8) is 0 Å². The summed E-state index contributed by atoms with van der Waals surface area (Å²) in [4.78, 5) is 19.0. The molecule has 1 atom stereocenters. The molecule has 27 heavy (non-hydrogen) atoms. The fraction of sp³-hybridized carbons (Fsp3) is 0.600. The van der Waals surface area contributed by atoms with Crippen LogP contribution >= 0.6 is 11.8 Å². The molecule has 1 fully saturated rings. The molecule has 2 aromatic heterocycles. The number of aromatic nitrogens is 4. The van der Waals surface area contributed by atoms with Crippen molar-refractivity contribution >= 4 is 17.7 Å². The first kappa shape index (κ1) is 19.9. The third kappa shape index (κ3) is 4.69. The van der Waals surface area contributed by atoms with E-state index in [4.69, 9.17) is 0 Å². The molecule has 0 spiro atoms. The molecule has 0 aliphatic heterocycles. The number of nitrogens with zero attached hydrogens (tertiary/aromatic N) is 5. The Labute approximate surface area is 165 Å². The highest BCUT2D eigenvalue weighted by molar-refractivity contribution is 8.00. The molecular formula is C20H29N5OS. The molecule has 2 aromatic rings. The van der Waals surface area contributed by atoms with Crippen molar-refractivity contribution in [2.45, 2.75) is 75.4 Å². The minimum Gasteiger partial charge on any atom is -0.342 e. The molecule has 2 heterocycles. The van der Waals surface area contributed by atoms with Gasteiger partial charge >= 0.3 is 0 Å². The topological polar surface area (TPSA) is 63.9 Å². The van der Waals surface area contributed by atoms with Crippen LogP contribution in [0.3, 0.4) is 0 Å². The molecule has 3 rings (SSSR count). The Balaban J connectivity index is 1.74. The Morgan fingerprint density at radius 2 is 1.96 bits per heavy atom. The van der Waals surface area contributed by atoms with E-state index in [0.717, 1.165) is 42.4 Å². The summed E-state index contributed by atoms with van der Waals surface area (Å²) in [6.07, 6.45) is 10.5. The number of pyridine rings is 1. The Hall–Kier alpha value is -1.89. The quantitative estimate of drug-likeness (QED) is 0.671. The maximum absolute atomic E-state index is 12.9.